The van der Waals surface area contributed by atoms with E-state index >= 15 is 0 Å². The highest BCUT2D eigenvalue weighted by molar-refractivity contribution is 7.89. The predicted octanol–water partition coefficient (Wildman–Crippen LogP) is 5.87. The molecule has 0 radical (unpaired) electrons. The molecule has 0 aliphatic carbocycles. The van der Waals surface area contributed by atoms with E-state index < -0.39 is 21.7 Å². The standard InChI is InChI=1S/C38H44N4O5S/c43-29-34-33-15-6-5-11-30(33)16-17-36(34)48(45,46)40-35(31-12-3-1-4-13-31)27-37(44)42-24-18-38(19-25-42,32-14-9-20-39-28-32)47-26-10-23-41-21-7-2-8-22-41/h1,3-6,9,11-17,20,28-29,35,40H,2,7-8,10,18-19,21-27H2. The molecule has 48 heavy (non-hydrogen) atoms. The van der Waals surface area contributed by atoms with Crippen LogP contribution in [0.25, 0.3) is 10.8 Å². The maximum Gasteiger partial charge on any atom is 0.241 e. The zero-order valence-electron chi connectivity index (χ0n) is 27.3. The van der Waals surface area contributed by atoms with Gasteiger partial charge in [0, 0.05) is 56.2 Å². The molecular weight excluding hydrogens is 625 g/mol. The molecule has 1 unspecified atom stereocenters. The molecule has 0 bridgehead atoms. The molecule has 2 fully saturated rings. The number of amides is 1. The van der Waals surface area contributed by atoms with Crippen molar-refractivity contribution in [3.05, 3.63) is 108 Å². The number of hydrogen-bond acceptors (Lipinski definition) is 7. The van der Waals surface area contributed by atoms with Gasteiger partial charge in [0.05, 0.1) is 16.5 Å². The average molecular weight is 669 g/mol. The Kier molecular flexibility index (Phi) is 11.0. The second-order valence-corrected chi connectivity index (χ2v) is 14.5. The van der Waals surface area contributed by atoms with E-state index in [-0.39, 0.29) is 22.8 Å². The number of ether oxygens (including phenoxy) is 1. The quantitative estimate of drug-likeness (QED) is 0.140. The first-order valence-corrected chi connectivity index (χ1v) is 18.5. The van der Waals surface area contributed by atoms with Gasteiger partial charge in [0.15, 0.2) is 6.29 Å². The van der Waals surface area contributed by atoms with Crippen LogP contribution in [0.5, 0.6) is 0 Å². The minimum absolute atomic E-state index is 0.0656. The zero-order valence-corrected chi connectivity index (χ0v) is 28.1. The van der Waals surface area contributed by atoms with Crippen LogP contribution in [0.3, 0.4) is 0 Å². The molecule has 1 aromatic heterocycles. The molecule has 3 heterocycles. The summed E-state index contributed by atoms with van der Waals surface area (Å²) in [4.78, 5) is 34.6. The van der Waals surface area contributed by atoms with Gasteiger partial charge in [0.2, 0.25) is 15.9 Å². The maximum atomic E-state index is 13.9. The largest absolute Gasteiger partial charge is 0.370 e. The number of fused-ring (bicyclic) bond motifs is 1. The first-order valence-electron chi connectivity index (χ1n) is 17.0. The van der Waals surface area contributed by atoms with Crippen LogP contribution in [0.4, 0.5) is 0 Å². The fourth-order valence-electron chi connectivity index (χ4n) is 7.10. The van der Waals surface area contributed by atoms with Crippen LogP contribution in [0.2, 0.25) is 0 Å². The van der Waals surface area contributed by atoms with Gasteiger partial charge < -0.3 is 14.5 Å². The Morgan fingerprint density at radius 1 is 0.917 bits per heavy atom. The number of piperidine rings is 2. The lowest BCUT2D eigenvalue weighted by atomic mass is 9.84. The van der Waals surface area contributed by atoms with E-state index in [9.17, 15) is 18.0 Å². The number of benzene rings is 3. The van der Waals surface area contributed by atoms with Crippen molar-refractivity contribution < 1.29 is 22.7 Å². The Hall–Kier alpha value is -3.96. The Labute approximate surface area is 283 Å². The van der Waals surface area contributed by atoms with Crippen molar-refractivity contribution >= 4 is 33.0 Å². The molecule has 6 rings (SSSR count). The lowest BCUT2D eigenvalue weighted by Gasteiger charge is -2.42. The number of hydrogen-bond donors (Lipinski definition) is 1. The van der Waals surface area contributed by atoms with Crippen LogP contribution in [0.1, 0.15) is 72.5 Å². The molecule has 2 saturated heterocycles. The number of sulfonamides is 1. The minimum atomic E-state index is -4.18. The first kappa shape index (κ1) is 33.9. The molecule has 1 atom stereocenters. The molecule has 2 aliphatic rings. The van der Waals surface area contributed by atoms with Crippen molar-refractivity contribution in [3.8, 4) is 0 Å². The third-order valence-corrected chi connectivity index (χ3v) is 11.3. The van der Waals surface area contributed by atoms with Crippen molar-refractivity contribution in [2.75, 3.05) is 39.3 Å². The van der Waals surface area contributed by atoms with E-state index in [0.717, 1.165) is 37.0 Å². The van der Waals surface area contributed by atoms with E-state index in [1.165, 1.54) is 25.3 Å². The molecule has 4 aromatic rings. The summed E-state index contributed by atoms with van der Waals surface area (Å²) in [5.41, 5.74) is 1.25. The molecule has 252 valence electrons. The zero-order chi connectivity index (χ0) is 33.4. The molecule has 0 saturated carbocycles. The van der Waals surface area contributed by atoms with Crippen LogP contribution < -0.4 is 4.72 Å². The van der Waals surface area contributed by atoms with Gasteiger partial charge in [-0.15, -0.1) is 0 Å². The SMILES string of the molecule is O=Cc1c(S(=O)(=O)NC(CC(=O)N2CCC(OCCCN3CCCCC3)(c3cccnc3)CC2)c2ccccc2)ccc2ccccc12. The van der Waals surface area contributed by atoms with Gasteiger partial charge in [-0.05, 0) is 73.7 Å². The molecular formula is C38H44N4O5S. The highest BCUT2D eigenvalue weighted by Crippen LogP contribution is 2.37. The monoisotopic (exact) mass is 668 g/mol. The number of nitrogens with zero attached hydrogens (tertiary/aromatic N) is 3. The molecule has 3 aromatic carbocycles. The van der Waals surface area contributed by atoms with Crippen LogP contribution in [0.15, 0.2) is 96.2 Å². The van der Waals surface area contributed by atoms with Crippen LogP contribution in [-0.4, -0.2) is 74.7 Å². The smallest absolute Gasteiger partial charge is 0.241 e. The Morgan fingerprint density at radius 2 is 1.67 bits per heavy atom. The van der Waals surface area contributed by atoms with Gasteiger partial charge >= 0.3 is 0 Å². The average Bonchev–Trinajstić information content (AvgIpc) is 3.14. The molecule has 2 aliphatic heterocycles. The maximum absolute atomic E-state index is 13.9. The van der Waals surface area contributed by atoms with Gasteiger partial charge in [-0.1, -0.05) is 73.2 Å². The van der Waals surface area contributed by atoms with E-state index in [0.29, 0.717) is 49.8 Å². The number of aldehydes is 1. The lowest BCUT2D eigenvalue weighted by Crippen LogP contribution is -2.47. The van der Waals surface area contributed by atoms with Crippen molar-refractivity contribution in [2.24, 2.45) is 0 Å². The van der Waals surface area contributed by atoms with E-state index in [1.54, 1.807) is 24.4 Å². The summed E-state index contributed by atoms with van der Waals surface area (Å²) < 4.78 is 37.1. The molecule has 10 heteroatoms. The summed E-state index contributed by atoms with van der Waals surface area (Å²) in [5.74, 6) is -0.148. The van der Waals surface area contributed by atoms with Crippen LogP contribution in [0, 0.1) is 0 Å². The fraction of sp³-hybridized carbons (Fsp3) is 0.395. The number of likely N-dealkylation sites (tertiary alicyclic amines) is 2. The van der Waals surface area contributed by atoms with Crippen LogP contribution in [-0.2, 0) is 25.2 Å². The number of carbonyl (C=O) groups is 2. The van der Waals surface area contributed by atoms with Crippen molar-refractivity contribution in [2.45, 2.75) is 61.5 Å². The second kappa shape index (κ2) is 15.5. The summed E-state index contributed by atoms with van der Waals surface area (Å²) in [6.45, 7) is 4.94. The lowest BCUT2D eigenvalue weighted by molar-refractivity contribution is -0.140. The number of nitrogens with one attached hydrogen (secondary N) is 1. The van der Waals surface area contributed by atoms with Gasteiger partial charge in [-0.3, -0.25) is 14.6 Å². The number of rotatable bonds is 13. The van der Waals surface area contributed by atoms with Crippen molar-refractivity contribution in [1.82, 2.24) is 19.5 Å². The van der Waals surface area contributed by atoms with Gasteiger partial charge in [0.1, 0.15) is 0 Å². The third kappa shape index (κ3) is 7.84. The third-order valence-electron chi connectivity index (χ3n) is 9.77. The second-order valence-electron chi connectivity index (χ2n) is 12.8. The molecule has 1 amide bonds. The van der Waals surface area contributed by atoms with Gasteiger partial charge in [-0.2, -0.15) is 0 Å². The summed E-state index contributed by atoms with van der Waals surface area (Å²) >= 11 is 0. The molecule has 1 N–H and O–H groups in total. The topological polar surface area (TPSA) is 109 Å². The summed E-state index contributed by atoms with van der Waals surface area (Å²) in [5, 5.41) is 1.33. The molecule has 0 spiro atoms. The highest BCUT2D eigenvalue weighted by Gasteiger charge is 2.39. The van der Waals surface area contributed by atoms with Crippen molar-refractivity contribution in [1.29, 1.82) is 0 Å². The minimum Gasteiger partial charge on any atom is -0.370 e. The predicted molar refractivity (Wildman–Crippen MR) is 186 cm³/mol. The van der Waals surface area contributed by atoms with E-state index in [4.69, 9.17) is 4.74 Å². The van der Waals surface area contributed by atoms with E-state index in [1.807, 2.05) is 59.6 Å². The highest BCUT2D eigenvalue weighted by atomic mass is 32.2. The Bertz CT molecular complexity index is 1790. The first-order chi connectivity index (χ1) is 23.4. The fourth-order valence-corrected chi connectivity index (χ4v) is 8.52. The number of carbonyl (C=O) groups excluding carboxylic acids is 2. The Morgan fingerprint density at radius 3 is 2.40 bits per heavy atom. The summed E-state index contributed by atoms with van der Waals surface area (Å²) in [6.07, 6.45) is 10.2. The Balaban J connectivity index is 1.15. The van der Waals surface area contributed by atoms with E-state index in [2.05, 4.69) is 20.7 Å². The van der Waals surface area contributed by atoms with Crippen LogP contribution >= 0.6 is 0 Å². The summed E-state index contributed by atoms with van der Waals surface area (Å²) in [7, 11) is -4.18. The number of aromatic nitrogens is 1. The number of pyridine rings is 1. The van der Waals surface area contributed by atoms with Gasteiger partial charge in [-0.25, -0.2) is 13.1 Å². The molecule has 9 nitrogen and oxygen atoms in total. The summed E-state index contributed by atoms with van der Waals surface area (Å²) in [6, 6.07) is 22.6. The normalized spacial score (nSPS) is 17.6. The van der Waals surface area contributed by atoms with Gasteiger partial charge in [0.25, 0.3) is 0 Å². The van der Waals surface area contributed by atoms with Crippen molar-refractivity contribution in [3.63, 3.8) is 0 Å².